The Morgan fingerprint density at radius 3 is 2.40 bits per heavy atom. The molecular formula is C18H15N3O4. The normalized spacial score (nSPS) is 10.4. The van der Waals surface area contributed by atoms with Gasteiger partial charge in [-0.05, 0) is 24.3 Å². The summed E-state index contributed by atoms with van der Waals surface area (Å²) in [4.78, 5) is 40.7. The van der Waals surface area contributed by atoms with Gasteiger partial charge in [0.05, 0.1) is 16.6 Å². The predicted octanol–water partition coefficient (Wildman–Crippen LogP) is 1.13. The van der Waals surface area contributed by atoms with Gasteiger partial charge in [-0.2, -0.15) is 4.73 Å². The summed E-state index contributed by atoms with van der Waals surface area (Å²) in [6.45, 7) is -0.349. The van der Waals surface area contributed by atoms with Crippen LogP contribution in [0, 0.1) is 0 Å². The van der Waals surface area contributed by atoms with Crippen LogP contribution in [-0.2, 0) is 4.79 Å². The first-order chi connectivity index (χ1) is 12.1. The van der Waals surface area contributed by atoms with Crippen LogP contribution < -0.4 is 15.9 Å². The molecule has 0 saturated carbocycles. The van der Waals surface area contributed by atoms with Crippen molar-refractivity contribution < 1.29 is 19.2 Å². The SMILES string of the molecule is NC(=O)c1ccccc1C(=O)NCC(=O)On1ccc2ccccc21. The number of hydrogen-bond donors (Lipinski definition) is 2. The lowest BCUT2D eigenvalue weighted by Gasteiger charge is -2.09. The Labute approximate surface area is 142 Å². The van der Waals surface area contributed by atoms with E-state index < -0.39 is 17.8 Å². The molecule has 1 heterocycles. The number of nitrogens with zero attached hydrogens (tertiary/aromatic N) is 1. The van der Waals surface area contributed by atoms with Crippen molar-refractivity contribution >= 4 is 28.7 Å². The van der Waals surface area contributed by atoms with Crippen LogP contribution in [0.5, 0.6) is 0 Å². The highest BCUT2D eigenvalue weighted by Crippen LogP contribution is 2.13. The quantitative estimate of drug-likeness (QED) is 0.728. The number of nitrogens with one attached hydrogen (secondary N) is 1. The molecule has 0 aliphatic rings. The zero-order valence-corrected chi connectivity index (χ0v) is 13.1. The number of benzene rings is 2. The molecule has 3 N–H and O–H groups in total. The van der Waals surface area contributed by atoms with E-state index in [2.05, 4.69) is 5.32 Å². The summed E-state index contributed by atoms with van der Waals surface area (Å²) < 4.78 is 1.33. The Hall–Kier alpha value is -3.61. The molecule has 2 amide bonds. The van der Waals surface area contributed by atoms with Gasteiger partial charge in [-0.25, -0.2) is 4.79 Å². The van der Waals surface area contributed by atoms with Crippen molar-refractivity contribution in [1.82, 2.24) is 10.0 Å². The number of fused-ring (bicyclic) bond motifs is 1. The van der Waals surface area contributed by atoms with Gasteiger partial charge in [0, 0.05) is 11.6 Å². The standard InChI is InChI=1S/C18H15N3O4/c19-17(23)13-6-2-3-7-14(13)18(24)20-11-16(22)25-21-10-9-12-5-1-4-8-15(12)21/h1-10H,11H2,(H2,19,23)(H,20,24). The Kier molecular flexibility index (Phi) is 4.47. The minimum absolute atomic E-state index is 0.0878. The van der Waals surface area contributed by atoms with E-state index in [4.69, 9.17) is 10.6 Å². The molecule has 0 radical (unpaired) electrons. The van der Waals surface area contributed by atoms with Crippen molar-refractivity contribution in [1.29, 1.82) is 0 Å². The highest BCUT2D eigenvalue weighted by molar-refractivity contribution is 6.07. The van der Waals surface area contributed by atoms with Crippen LogP contribution in [0.15, 0.2) is 60.8 Å². The molecule has 0 bridgehead atoms. The third-order valence-electron chi connectivity index (χ3n) is 3.59. The summed E-state index contributed by atoms with van der Waals surface area (Å²) in [6.07, 6.45) is 1.62. The first-order valence-electron chi connectivity index (χ1n) is 7.50. The molecule has 0 spiro atoms. The summed E-state index contributed by atoms with van der Waals surface area (Å²) in [5.41, 5.74) is 6.17. The Morgan fingerprint density at radius 1 is 0.960 bits per heavy atom. The zero-order valence-electron chi connectivity index (χ0n) is 13.1. The maximum absolute atomic E-state index is 12.2. The van der Waals surface area contributed by atoms with E-state index in [0.29, 0.717) is 0 Å². The summed E-state index contributed by atoms with van der Waals surface area (Å²) >= 11 is 0. The molecule has 0 fully saturated rings. The predicted molar refractivity (Wildman–Crippen MR) is 90.8 cm³/mol. The third-order valence-corrected chi connectivity index (χ3v) is 3.59. The number of para-hydroxylation sites is 1. The Bertz CT molecular complexity index is 962. The molecular weight excluding hydrogens is 322 g/mol. The van der Waals surface area contributed by atoms with Gasteiger partial charge >= 0.3 is 5.97 Å². The summed E-state index contributed by atoms with van der Waals surface area (Å²) in [6, 6.07) is 15.3. The smallest absolute Gasteiger partial charge is 0.351 e. The highest BCUT2D eigenvalue weighted by Gasteiger charge is 2.16. The van der Waals surface area contributed by atoms with E-state index in [1.807, 2.05) is 30.3 Å². The average Bonchev–Trinajstić information content (AvgIpc) is 3.02. The average molecular weight is 337 g/mol. The molecule has 2 aromatic carbocycles. The number of aromatic nitrogens is 1. The molecule has 0 unspecified atom stereocenters. The molecule has 1 aromatic heterocycles. The zero-order chi connectivity index (χ0) is 17.8. The van der Waals surface area contributed by atoms with Crippen LogP contribution in [0.2, 0.25) is 0 Å². The van der Waals surface area contributed by atoms with Gasteiger partial charge in [0.25, 0.3) is 5.91 Å². The summed E-state index contributed by atoms with van der Waals surface area (Å²) in [5.74, 6) is -1.94. The fourth-order valence-corrected chi connectivity index (χ4v) is 2.42. The van der Waals surface area contributed by atoms with Crippen molar-refractivity contribution in [2.45, 2.75) is 0 Å². The second-order valence-electron chi connectivity index (χ2n) is 5.26. The lowest BCUT2D eigenvalue weighted by atomic mass is 10.1. The molecule has 126 valence electrons. The topological polar surface area (TPSA) is 103 Å². The van der Waals surface area contributed by atoms with Crippen LogP contribution in [-0.4, -0.2) is 29.1 Å². The molecule has 0 aliphatic carbocycles. The van der Waals surface area contributed by atoms with E-state index in [9.17, 15) is 14.4 Å². The largest absolute Gasteiger partial charge is 0.366 e. The van der Waals surface area contributed by atoms with Gasteiger partial charge < -0.3 is 15.9 Å². The Balaban J connectivity index is 1.65. The van der Waals surface area contributed by atoms with Crippen LogP contribution in [0.1, 0.15) is 20.7 Å². The number of carbonyl (C=O) groups is 3. The molecule has 7 heteroatoms. The van der Waals surface area contributed by atoms with E-state index in [-0.39, 0.29) is 17.7 Å². The van der Waals surface area contributed by atoms with Crippen LogP contribution in [0.25, 0.3) is 10.9 Å². The second-order valence-corrected chi connectivity index (χ2v) is 5.26. The van der Waals surface area contributed by atoms with Gasteiger partial charge in [0.1, 0.15) is 6.54 Å². The molecule has 0 saturated heterocycles. The van der Waals surface area contributed by atoms with Crippen LogP contribution in [0.4, 0.5) is 0 Å². The summed E-state index contributed by atoms with van der Waals surface area (Å²) in [7, 11) is 0. The second kappa shape index (κ2) is 6.88. The highest BCUT2D eigenvalue weighted by atomic mass is 16.7. The molecule has 7 nitrogen and oxygen atoms in total. The van der Waals surface area contributed by atoms with Crippen molar-refractivity contribution in [2.24, 2.45) is 5.73 Å². The van der Waals surface area contributed by atoms with Gasteiger partial charge in [-0.3, -0.25) is 9.59 Å². The van der Waals surface area contributed by atoms with Gasteiger partial charge in [0.15, 0.2) is 0 Å². The number of primary amides is 1. The molecule has 0 aliphatic heterocycles. The minimum Gasteiger partial charge on any atom is -0.366 e. The van der Waals surface area contributed by atoms with Gasteiger partial charge in [0.2, 0.25) is 5.91 Å². The van der Waals surface area contributed by atoms with Gasteiger partial charge in [-0.1, -0.05) is 30.3 Å². The van der Waals surface area contributed by atoms with Crippen LogP contribution in [0.3, 0.4) is 0 Å². The number of nitrogens with two attached hydrogens (primary N) is 1. The van der Waals surface area contributed by atoms with E-state index in [1.165, 1.54) is 16.9 Å². The van der Waals surface area contributed by atoms with Crippen molar-refractivity contribution in [3.63, 3.8) is 0 Å². The molecule has 3 aromatic rings. The molecule has 25 heavy (non-hydrogen) atoms. The van der Waals surface area contributed by atoms with Crippen molar-refractivity contribution in [3.05, 3.63) is 71.9 Å². The number of rotatable bonds is 5. The maximum Gasteiger partial charge on any atom is 0.351 e. The van der Waals surface area contributed by atoms with Crippen molar-refractivity contribution in [3.8, 4) is 0 Å². The Morgan fingerprint density at radius 2 is 1.64 bits per heavy atom. The fourth-order valence-electron chi connectivity index (χ4n) is 2.42. The monoisotopic (exact) mass is 337 g/mol. The third kappa shape index (κ3) is 3.50. The van der Waals surface area contributed by atoms with E-state index in [1.54, 1.807) is 18.3 Å². The maximum atomic E-state index is 12.2. The van der Waals surface area contributed by atoms with Crippen molar-refractivity contribution in [2.75, 3.05) is 6.54 Å². The van der Waals surface area contributed by atoms with Crippen LogP contribution >= 0.6 is 0 Å². The first-order valence-corrected chi connectivity index (χ1v) is 7.50. The molecule has 3 rings (SSSR count). The fraction of sp³-hybridized carbons (Fsp3) is 0.0556. The van der Waals surface area contributed by atoms with Gasteiger partial charge in [-0.15, -0.1) is 0 Å². The minimum atomic E-state index is -0.716. The number of carbonyl (C=O) groups excluding carboxylic acids is 3. The lowest BCUT2D eigenvalue weighted by Crippen LogP contribution is -2.35. The number of amides is 2. The van der Waals surface area contributed by atoms with E-state index in [0.717, 1.165) is 10.9 Å². The lowest BCUT2D eigenvalue weighted by molar-refractivity contribution is -0.142. The molecule has 0 atom stereocenters. The summed E-state index contributed by atoms with van der Waals surface area (Å²) in [5, 5.41) is 3.35. The first kappa shape index (κ1) is 16.3. The number of hydrogen-bond acceptors (Lipinski definition) is 4. The van der Waals surface area contributed by atoms with E-state index >= 15 is 0 Å².